The Labute approximate surface area is 182 Å². The Morgan fingerprint density at radius 2 is 1.82 bits per heavy atom. The largest absolute Gasteiger partial charge is 0.381 e. The zero-order valence-electron chi connectivity index (χ0n) is 20.2. The van der Waals surface area contributed by atoms with Crippen LogP contribution in [-0.2, 0) is 4.74 Å². The molecule has 0 saturated carbocycles. The molecule has 0 bridgehead atoms. The predicted octanol–water partition coefficient (Wildman–Crippen LogP) is 7.06. The van der Waals surface area contributed by atoms with E-state index in [4.69, 9.17) is 16.3 Å². The highest BCUT2D eigenvalue weighted by Gasteiger charge is 2.19. The van der Waals surface area contributed by atoms with Crippen LogP contribution in [0.1, 0.15) is 92.9 Å². The Kier molecular flexibility index (Phi) is 22.7. The Balaban J connectivity index is 0. The molecule has 0 radical (unpaired) electrons. The van der Waals surface area contributed by atoms with Crippen LogP contribution in [0.5, 0.6) is 0 Å². The molecule has 0 aromatic carbocycles. The molecule has 4 heteroatoms. The van der Waals surface area contributed by atoms with Crippen molar-refractivity contribution in [2.75, 3.05) is 32.7 Å². The maximum absolute atomic E-state index is 5.81. The molecule has 1 heterocycles. The van der Waals surface area contributed by atoms with Crippen LogP contribution in [0.2, 0.25) is 0 Å². The molecule has 0 aromatic rings. The van der Waals surface area contributed by atoms with E-state index in [2.05, 4.69) is 44.6 Å². The zero-order chi connectivity index (χ0) is 21.8. The summed E-state index contributed by atoms with van der Waals surface area (Å²) in [7, 11) is 2.14. The van der Waals surface area contributed by atoms with Gasteiger partial charge in [-0.3, -0.25) is 0 Å². The van der Waals surface area contributed by atoms with Gasteiger partial charge in [0, 0.05) is 38.7 Å². The molecule has 170 valence electrons. The average molecular weight is 419 g/mol. The standard InChI is InChI=1S/C19H38N2O.C3H7Cl.C2H6/c1-6-10-19(20-17(4)21(5)14-16(2)3)13-18-11-8-7-9-12-22-15-18;1-2-3-4;1-2/h16,18-20H,4,6-15H2,1-3,5H3;2-3H2,1H3;1-2H3/t18?,19-;;/m1../s1. The summed E-state index contributed by atoms with van der Waals surface area (Å²) < 4.78 is 5.81. The highest BCUT2D eigenvalue weighted by molar-refractivity contribution is 6.17. The van der Waals surface area contributed by atoms with Gasteiger partial charge in [-0.2, -0.15) is 0 Å². The molecule has 2 atom stereocenters. The summed E-state index contributed by atoms with van der Waals surface area (Å²) in [6.07, 6.45) is 9.96. The van der Waals surface area contributed by atoms with E-state index in [0.29, 0.717) is 17.9 Å². The van der Waals surface area contributed by atoms with Crippen molar-refractivity contribution in [1.82, 2.24) is 10.2 Å². The molecule has 0 spiro atoms. The van der Waals surface area contributed by atoms with Crippen LogP contribution < -0.4 is 5.32 Å². The first-order valence-corrected chi connectivity index (χ1v) is 12.3. The second-order valence-electron chi connectivity index (χ2n) is 8.07. The highest BCUT2D eigenvalue weighted by atomic mass is 35.5. The van der Waals surface area contributed by atoms with E-state index < -0.39 is 0 Å². The van der Waals surface area contributed by atoms with Crippen LogP contribution in [0, 0.1) is 11.8 Å². The Bertz CT molecular complexity index is 327. The van der Waals surface area contributed by atoms with Gasteiger partial charge in [0.05, 0.1) is 5.82 Å². The van der Waals surface area contributed by atoms with Crippen molar-refractivity contribution in [1.29, 1.82) is 0 Å². The third-order valence-electron chi connectivity index (χ3n) is 4.67. The van der Waals surface area contributed by atoms with Gasteiger partial charge in [-0.1, -0.05) is 67.4 Å². The molecule has 3 nitrogen and oxygen atoms in total. The smallest absolute Gasteiger partial charge is 0.0938 e. The fraction of sp³-hybridized carbons (Fsp3) is 0.917. The number of halogens is 1. The number of nitrogens with one attached hydrogen (secondary N) is 1. The quantitative estimate of drug-likeness (QED) is 0.384. The van der Waals surface area contributed by atoms with Crippen molar-refractivity contribution in [2.45, 2.75) is 99.0 Å². The van der Waals surface area contributed by atoms with E-state index in [1.54, 1.807) is 0 Å². The molecular weight excluding hydrogens is 368 g/mol. The summed E-state index contributed by atoms with van der Waals surface area (Å²) in [6, 6.07) is 0.528. The number of rotatable bonds is 10. The first-order chi connectivity index (χ1) is 13.4. The van der Waals surface area contributed by atoms with Crippen molar-refractivity contribution < 1.29 is 4.74 Å². The topological polar surface area (TPSA) is 24.5 Å². The SMILES string of the molecule is C=C(N[C@H](CCC)CC1CCCCCOC1)N(C)CC(C)C.CC.CCCCl. The lowest BCUT2D eigenvalue weighted by molar-refractivity contribution is 0.0732. The summed E-state index contributed by atoms with van der Waals surface area (Å²) >= 11 is 5.19. The minimum Gasteiger partial charge on any atom is -0.381 e. The summed E-state index contributed by atoms with van der Waals surface area (Å²) in [6.45, 7) is 20.0. The van der Waals surface area contributed by atoms with Crippen molar-refractivity contribution in [2.24, 2.45) is 11.8 Å². The van der Waals surface area contributed by atoms with Gasteiger partial charge in [0.15, 0.2) is 0 Å². The second-order valence-corrected chi connectivity index (χ2v) is 8.44. The van der Waals surface area contributed by atoms with Gasteiger partial charge in [-0.25, -0.2) is 0 Å². The molecule has 1 aliphatic heterocycles. The Hall–Kier alpha value is -0.410. The number of hydrogen-bond acceptors (Lipinski definition) is 3. The lowest BCUT2D eigenvalue weighted by Gasteiger charge is -2.31. The average Bonchev–Trinajstić information content (AvgIpc) is 2.65. The second kappa shape index (κ2) is 21.3. The fourth-order valence-electron chi connectivity index (χ4n) is 3.34. The van der Waals surface area contributed by atoms with E-state index in [9.17, 15) is 0 Å². The minimum absolute atomic E-state index is 0.528. The van der Waals surface area contributed by atoms with Gasteiger partial charge < -0.3 is 15.0 Å². The van der Waals surface area contributed by atoms with Crippen LogP contribution in [-0.4, -0.2) is 43.6 Å². The number of alkyl halides is 1. The molecule has 1 rings (SSSR count). The van der Waals surface area contributed by atoms with Crippen LogP contribution in [0.25, 0.3) is 0 Å². The normalized spacial score (nSPS) is 17.8. The Morgan fingerprint density at radius 3 is 2.36 bits per heavy atom. The molecule has 0 amide bonds. The Morgan fingerprint density at radius 1 is 1.18 bits per heavy atom. The van der Waals surface area contributed by atoms with E-state index in [1.165, 1.54) is 44.9 Å². The van der Waals surface area contributed by atoms with Crippen molar-refractivity contribution >= 4 is 11.6 Å². The summed E-state index contributed by atoms with van der Waals surface area (Å²) in [5, 5.41) is 3.68. The molecule has 1 N–H and O–H groups in total. The third-order valence-corrected chi connectivity index (χ3v) is 5.05. The molecule has 0 aromatic heterocycles. The van der Waals surface area contributed by atoms with E-state index in [0.717, 1.165) is 37.9 Å². The molecule has 1 aliphatic rings. The number of hydrogen-bond donors (Lipinski definition) is 1. The molecular formula is C24H51ClN2O. The van der Waals surface area contributed by atoms with Crippen molar-refractivity contribution in [3.63, 3.8) is 0 Å². The summed E-state index contributed by atoms with van der Waals surface area (Å²) in [5.41, 5.74) is 0. The van der Waals surface area contributed by atoms with Crippen LogP contribution >= 0.6 is 11.6 Å². The summed E-state index contributed by atoms with van der Waals surface area (Å²) in [5.74, 6) is 3.22. The molecule has 1 unspecified atom stereocenters. The fourth-order valence-corrected chi connectivity index (χ4v) is 3.34. The first-order valence-electron chi connectivity index (χ1n) is 11.7. The van der Waals surface area contributed by atoms with Crippen LogP contribution in [0.3, 0.4) is 0 Å². The molecule has 1 fully saturated rings. The van der Waals surface area contributed by atoms with Crippen molar-refractivity contribution in [3.05, 3.63) is 12.4 Å². The molecule has 0 aliphatic carbocycles. The highest BCUT2D eigenvalue weighted by Crippen LogP contribution is 2.21. The lowest BCUT2D eigenvalue weighted by Crippen LogP contribution is -2.38. The van der Waals surface area contributed by atoms with Crippen LogP contribution in [0.15, 0.2) is 12.4 Å². The molecule has 1 saturated heterocycles. The third kappa shape index (κ3) is 17.7. The maximum atomic E-state index is 5.81. The van der Waals surface area contributed by atoms with E-state index in [-0.39, 0.29) is 0 Å². The number of ether oxygens (including phenoxy) is 1. The minimum atomic E-state index is 0.528. The predicted molar refractivity (Wildman–Crippen MR) is 128 cm³/mol. The monoisotopic (exact) mass is 418 g/mol. The van der Waals surface area contributed by atoms with E-state index in [1.807, 2.05) is 20.8 Å². The van der Waals surface area contributed by atoms with Gasteiger partial charge in [0.25, 0.3) is 0 Å². The van der Waals surface area contributed by atoms with Gasteiger partial charge in [-0.05, 0) is 43.9 Å². The van der Waals surface area contributed by atoms with Crippen LogP contribution in [0.4, 0.5) is 0 Å². The zero-order valence-corrected chi connectivity index (χ0v) is 20.9. The van der Waals surface area contributed by atoms with Gasteiger partial charge in [-0.15, -0.1) is 11.6 Å². The van der Waals surface area contributed by atoms with Gasteiger partial charge in [0.1, 0.15) is 0 Å². The maximum Gasteiger partial charge on any atom is 0.0938 e. The first kappa shape index (κ1) is 29.8. The van der Waals surface area contributed by atoms with E-state index >= 15 is 0 Å². The number of nitrogens with zero attached hydrogens (tertiary/aromatic N) is 1. The van der Waals surface area contributed by atoms with Gasteiger partial charge in [0.2, 0.25) is 0 Å². The lowest BCUT2D eigenvalue weighted by atomic mass is 9.92. The molecule has 28 heavy (non-hydrogen) atoms. The summed E-state index contributed by atoms with van der Waals surface area (Å²) in [4.78, 5) is 2.25. The van der Waals surface area contributed by atoms with Gasteiger partial charge >= 0.3 is 0 Å². The van der Waals surface area contributed by atoms with Crippen molar-refractivity contribution in [3.8, 4) is 0 Å².